The molecule has 2 aromatic carbocycles. The van der Waals surface area contributed by atoms with Crippen LogP contribution in [0.25, 0.3) is 0 Å². The first kappa shape index (κ1) is 23.4. The van der Waals surface area contributed by atoms with E-state index in [0.717, 1.165) is 17.5 Å². The Morgan fingerprint density at radius 2 is 1.71 bits per heavy atom. The van der Waals surface area contributed by atoms with Crippen LogP contribution < -0.4 is 16.3 Å². The van der Waals surface area contributed by atoms with Gasteiger partial charge in [0.05, 0.1) is 17.7 Å². The van der Waals surface area contributed by atoms with E-state index in [-0.39, 0.29) is 24.0 Å². The molecule has 4 rings (SSSR count). The maximum Gasteiger partial charge on any atom is 0.305 e. The van der Waals surface area contributed by atoms with Crippen LogP contribution in [0.15, 0.2) is 68.6 Å². The molecule has 0 aliphatic heterocycles. The van der Waals surface area contributed by atoms with Gasteiger partial charge in [-0.05, 0) is 53.4 Å². The molecular formula is C25H23BrN4O4. The van der Waals surface area contributed by atoms with Crippen LogP contribution in [0.5, 0.6) is 0 Å². The molecule has 0 spiro atoms. The summed E-state index contributed by atoms with van der Waals surface area (Å²) >= 11 is 3.36. The second-order valence-corrected chi connectivity index (χ2v) is 8.71. The SMILES string of the molecule is Cc1c(C(=O)NNC(=O)Cc2ccccc2)oc2c1/C(=N/NC(=O)c1ccccc1Br)CCC2. The molecule has 1 heterocycles. The maximum atomic E-state index is 12.7. The number of hydrazine groups is 1. The number of carbonyl (C=O) groups excluding carboxylic acids is 3. The zero-order valence-corrected chi connectivity index (χ0v) is 20.1. The largest absolute Gasteiger partial charge is 0.455 e. The van der Waals surface area contributed by atoms with Crippen molar-refractivity contribution in [2.75, 3.05) is 0 Å². The van der Waals surface area contributed by atoms with Gasteiger partial charge in [0.25, 0.3) is 5.91 Å². The number of fused-ring (bicyclic) bond motifs is 1. The summed E-state index contributed by atoms with van der Waals surface area (Å²) in [7, 11) is 0. The quantitative estimate of drug-likeness (QED) is 0.442. The Bertz CT molecular complexity index is 1270. The molecule has 0 fully saturated rings. The number of nitrogens with one attached hydrogen (secondary N) is 3. The molecule has 0 saturated carbocycles. The molecular weight excluding hydrogens is 500 g/mol. The van der Waals surface area contributed by atoms with Crippen molar-refractivity contribution in [1.29, 1.82) is 0 Å². The number of hydrazone groups is 1. The second-order valence-electron chi connectivity index (χ2n) is 7.85. The molecule has 1 aliphatic rings. The first-order chi connectivity index (χ1) is 16.4. The molecule has 0 bridgehead atoms. The normalized spacial score (nSPS) is 13.8. The lowest BCUT2D eigenvalue weighted by atomic mass is 9.93. The molecule has 3 N–H and O–H groups in total. The highest BCUT2D eigenvalue weighted by Crippen LogP contribution is 2.30. The molecule has 1 aliphatic carbocycles. The molecule has 0 saturated heterocycles. The molecule has 9 heteroatoms. The van der Waals surface area contributed by atoms with Crippen LogP contribution in [0.4, 0.5) is 0 Å². The van der Waals surface area contributed by atoms with E-state index in [1.54, 1.807) is 25.1 Å². The Hall–Kier alpha value is -3.72. The number of aryl methyl sites for hydroxylation is 1. The first-order valence-corrected chi connectivity index (χ1v) is 11.6. The zero-order chi connectivity index (χ0) is 24.1. The lowest BCUT2D eigenvalue weighted by Crippen LogP contribution is -2.42. The topological polar surface area (TPSA) is 113 Å². The molecule has 0 radical (unpaired) electrons. The standard InChI is InChI=1S/C25H23BrN4O4/c1-15-22-19(27-29-24(32)17-10-5-6-11-18(17)26)12-7-13-20(22)34-23(15)25(33)30-28-21(31)14-16-8-3-2-4-9-16/h2-6,8-11H,7,12-14H2,1H3,(H,28,31)(H,29,32)(H,30,33)/b27-19+. The van der Waals surface area contributed by atoms with Gasteiger partial charge < -0.3 is 4.42 Å². The van der Waals surface area contributed by atoms with Crippen LogP contribution >= 0.6 is 15.9 Å². The average Bonchev–Trinajstić information content (AvgIpc) is 3.19. The Morgan fingerprint density at radius 1 is 0.971 bits per heavy atom. The lowest BCUT2D eigenvalue weighted by Gasteiger charge is -2.13. The fraction of sp³-hybridized carbons (Fsp3) is 0.200. The van der Waals surface area contributed by atoms with Crippen LogP contribution in [0.1, 0.15) is 56.2 Å². The van der Waals surface area contributed by atoms with Crippen molar-refractivity contribution in [3.05, 3.63) is 92.8 Å². The minimum absolute atomic E-state index is 0.108. The number of hydrogen-bond donors (Lipinski definition) is 3. The third kappa shape index (κ3) is 5.26. The van der Waals surface area contributed by atoms with Gasteiger partial charge in [0.1, 0.15) is 5.76 Å². The van der Waals surface area contributed by atoms with E-state index >= 15 is 0 Å². The fourth-order valence-corrected chi connectivity index (χ4v) is 4.29. The van der Waals surface area contributed by atoms with Gasteiger partial charge in [0.2, 0.25) is 5.91 Å². The van der Waals surface area contributed by atoms with Crippen LogP contribution in [0.2, 0.25) is 0 Å². The lowest BCUT2D eigenvalue weighted by molar-refractivity contribution is -0.121. The van der Waals surface area contributed by atoms with E-state index in [9.17, 15) is 14.4 Å². The van der Waals surface area contributed by atoms with E-state index in [2.05, 4.69) is 37.3 Å². The van der Waals surface area contributed by atoms with Crippen molar-refractivity contribution in [3.63, 3.8) is 0 Å². The van der Waals surface area contributed by atoms with Crippen LogP contribution in [-0.4, -0.2) is 23.4 Å². The Morgan fingerprint density at radius 3 is 2.47 bits per heavy atom. The Kier molecular flexibility index (Phi) is 7.22. The maximum absolute atomic E-state index is 12.7. The summed E-state index contributed by atoms with van der Waals surface area (Å²) in [5.41, 5.74) is 10.7. The van der Waals surface area contributed by atoms with Gasteiger partial charge in [-0.3, -0.25) is 25.2 Å². The Labute approximate surface area is 204 Å². The number of carbonyl (C=O) groups is 3. The summed E-state index contributed by atoms with van der Waals surface area (Å²) < 4.78 is 6.50. The molecule has 8 nitrogen and oxygen atoms in total. The van der Waals surface area contributed by atoms with Gasteiger partial charge in [-0.1, -0.05) is 42.5 Å². The Balaban J connectivity index is 1.45. The van der Waals surface area contributed by atoms with Crippen molar-refractivity contribution in [3.8, 4) is 0 Å². The van der Waals surface area contributed by atoms with Crippen molar-refractivity contribution >= 4 is 39.4 Å². The molecule has 34 heavy (non-hydrogen) atoms. The highest BCUT2D eigenvalue weighted by atomic mass is 79.9. The number of amides is 3. The highest BCUT2D eigenvalue weighted by Gasteiger charge is 2.28. The van der Waals surface area contributed by atoms with Crippen molar-refractivity contribution in [2.45, 2.75) is 32.6 Å². The summed E-state index contributed by atoms with van der Waals surface area (Å²) in [5, 5.41) is 4.33. The molecule has 0 unspecified atom stereocenters. The van der Waals surface area contributed by atoms with E-state index in [4.69, 9.17) is 4.42 Å². The highest BCUT2D eigenvalue weighted by molar-refractivity contribution is 9.10. The summed E-state index contributed by atoms with van der Waals surface area (Å²) in [6, 6.07) is 16.3. The van der Waals surface area contributed by atoms with Crippen LogP contribution in [-0.2, 0) is 17.6 Å². The summed E-state index contributed by atoms with van der Waals surface area (Å²) in [4.78, 5) is 37.4. The number of furan rings is 1. The summed E-state index contributed by atoms with van der Waals surface area (Å²) in [5.74, 6) is -0.488. The van der Waals surface area contributed by atoms with Gasteiger partial charge in [0, 0.05) is 22.0 Å². The summed E-state index contributed by atoms with van der Waals surface area (Å²) in [6.45, 7) is 1.76. The number of benzene rings is 2. The van der Waals surface area contributed by atoms with Gasteiger partial charge in [-0.2, -0.15) is 5.10 Å². The third-order valence-corrected chi connectivity index (χ3v) is 6.16. The van der Waals surface area contributed by atoms with E-state index < -0.39 is 5.91 Å². The van der Waals surface area contributed by atoms with Crippen LogP contribution in [0.3, 0.4) is 0 Å². The zero-order valence-electron chi connectivity index (χ0n) is 18.5. The van der Waals surface area contributed by atoms with E-state index in [1.807, 2.05) is 36.4 Å². The fourth-order valence-electron chi connectivity index (χ4n) is 3.83. The van der Waals surface area contributed by atoms with E-state index in [1.165, 1.54) is 0 Å². The van der Waals surface area contributed by atoms with Gasteiger partial charge in [-0.15, -0.1) is 0 Å². The molecule has 3 amide bonds. The van der Waals surface area contributed by atoms with E-state index in [0.29, 0.717) is 39.9 Å². The predicted octanol–water partition coefficient (Wildman–Crippen LogP) is 3.82. The minimum Gasteiger partial charge on any atom is -0.455 e. The molecule has 0 atom stereocenters. The van der Waals surface area contributed by atoms with Gasteiger partial charge in [0.15, 0.2) is 5.76 Å². The van der Waals surface area contributed by atoms with Crippen LogP contribution in [0, 0.1) is 6.92 Å². The predicted molar refractivity (Wildman–Crippen MR) is 130 cm³/mol. The summed E-state index contributed by atoms with van der Waals surface area (Å²) in [6.07, 6.45) is 2.21. The smallest absolute Gasteiger partial charge is 0.305 e. The van der Waals surface area contributed by atoms with Crippen molar-refractivity contribution in [2.24, 2.45) is 5.10 Å². The number of rotatable bonds is 5. The number of halogens is 1. The van der Waals surface area contributed by atoms with Gasteiger partial charge >= 0.3 is 5.91 Å². The number of nitrogens with zero attached hydrogens (tertiary/aromatic N) is 1. The monoisotopic (exact) mass is 522 g/mol. The number of hydrogen-bond acceptors (Lipinski definition) is 5. The van der Waals surface area contributed by atoms with Gasteiger partial charge in [-0.25, -0.2) is 5.43 Å². The van der Waals surface area contributed by atoms with Crippen molar-refractivity contribution in [1.82, 2.24) is 16.3 Å². The second kappa shape index (κ2) is 10.5. The van der Waals surface area contributed by atoms with Crippen molar-refractivity contribution < 1.29 is 18.8 Å². The third-order valence-electron chi connectivity index (χ3n) is 5.47. The molecule has 174 valence electrons. The molecule has 3 aromatic rings. The first-order valence-electron chi connectivity index (χ1n) is 10.8. The average molecular weight is 523 g/mol. The molecule has 1 aromatic heterocycles. The minimum atomic E-state index is -0.551.